The van der Waals surface area contributed by atoms with Gasteiger partial charge in [-0.25, -0.2) is 0 Å². The van der Waals surface area contributed by atoms with Crippen LogP contribution in [0.15, 0.2) is 42.6 Å². The number of likely N-dealkylation sites (tertiary alicyclic amines) is 1. The summed E-state index contributed by atoms with van der Waals surface area (Å²) in [5, 5.41) is 14.6. The maximum atomic E-state index is 12.8. The molecule has 3 rings (SSSR count). The molecule has 1 aliphatic heterocycles. The lowest BCUT2D eigenvalue weighted by Gasteiger charge is -2.17. The molecule has 128 valence electrons. The molecule has 1 saturated heterocycles. The minimum Gasteiger partial charge on any atom is -0.391 e. The van der Waals surface area contributed by atoms with E-state index in [0.717, 1.165) is 13.0 Å². The van der Waals surface area contributed by atoms with E-state index < -0.39 is 6.10 Å². The number of amides is 1. The number of aliphatic hydroxyl groups excluding tert-OH is 1. The number of hydrogen-bond acceptors (Lipinski definition) is 3. The average molecular weight is 327 g/mol. The molecule has 1 N–H and O–H groups in total. The Bertz CT molecular complexity index is 681. The third-order valence-electron chi connectivity index (χ3n) is 4.51. The number of carbonyl (C=O) groups is 1. The summed E-state index contributed by atoms with van der Waals surface area (Å²) in [4.78, 5) is 14.6. The first-order valence-corrected chi connectivity index (χ1v) is 8.57. The smallest absolute Gasteiger partial charge is 0.272 e. The Morgan fingerprint density at radius 3 is 2.71 bits per heavy atom. The quantitative estimate of drug-likeness (QED) is 0.916. The number of aliphatic hydroxyl groups is 1. The summed E-state index contributed by atoms with van der Waals surface area (Å²) in [5.74, 6) is 0.465. The summed E-state index contributed by atoms with van der Waals surface area (Å²) in [7, 11) is 0. The van der Waals surface area contributed by atoms with Gasteiger partial charge >= 0.3 is 0 Å². The molecule has 1 aromatic carbocycles. The molecule has 0 unspecified atom stereocenters. The van der Waals surface area contributed by atoms with E-state index in [1.165, 1.54) is 5.56 Å². The van der Waals surface area contributed by atoms with Crippen molar-refractivity contribution in [3.8, 4) is 0 Å². The summed E-state index contributed by atoms with van der Waals surface area (Å²) in [6.45, 7) is 5.90. The van der Waals surface area contributed by atoms with Gasteiger partial charge in [0, 0.05) is 31.7 Å². The predicted molar refractivity (Wildman–Crippen MR) is 92.6 cm³/mol. The minimum absolute atomic E-state index is 0.0391. The van der Waals surface area contributed by atoms with Gasteiger partial charge in [0.05, 0.1) is 6.10 Å². The average Bonchev–Trinajstić information content (AvgIpc) is 3.14. The van der Waals surface area contributed by atoms with Crippen LogP contribution in [-0.2, 0) is 13.0 Å². The lowest BCUT2D eigenvalue weighted by Crippen LogP contribution is -2.32. The first-order valence-electron chi connectivity index (χ1n) is 8.57. The van der Waals surface area contributed by atoms with Crippen molar-refractivity contribution < 1.29 is 9.90 Å². The van der Waals surface area contributed by atoms with Crippen LogP contribution < -0.4 is 0 Å². The molecule has 1 fully saturated rings. The number of nitrogens with zero attached hydrogens (tertiary/aromatic N) is 3. The van der Waals surface area contributed by atoms with Crippen LogP contribution in [0.25, 0.3) is 0 Å². The van der Waals surface area contributed by atoms with Crippen LogP contribution in [0.1, 0.15) is 29.9 Å². The molecule has 0 spiro atoms. The Labute approximate surface area is 142 Å². The van der Waals surface area contributed by atoms with Crippen LogP contribution in [-0.4, -0.2) is 44.9 Å². The van der Waals surface area contributed by atoms with Gasteiger partial charge in [0.2, 0.25) is 0 Å². The first kappa shape index (κ1) is 16.7. The largest absolute Gasteiger partial charge is 0.391 e. The zero-order valence-corrected chi connectivity index (χ0v) is 14.3. The van der Waals surface area contributed by atoms with E-state index in [-0.39, 0.29) is 11.8 Å². The van der Waals surface area contributed by atoms with E-state index in [1.807, 2.05) is 18.2 Å². The number of rotatable bonds is 5. The van der Waals surface area contributed by atoms with Crippen LogP contribution >= 0.6 is 0 Å². The summed E-state index contributed by atoms with van der Waals surface area (Å²) in [6.07, 6.45) is 1.98. The monoisotopic (exact) mass is 327 g/mol. The second kappa shape index (κ2) is 7.18. The van der Waals surface area contributed by atoms with Gasteiger partial charge in [-0.15, -0.1) is 0 Å². The molecule has 0 saturated carbocycles. The molecule has 5 nitrogen and oxygen atoms in total. The van der Waals surface area contributed by atoms with Crippen molar-refractivity contribution in [1.82, 2.24) is 14.7 Å². The van der Waals surface area contributed by atoms with Crippen LogP contribution in [0.3, 0.4) is 0 Å². The zero-order valence-electron chi connectivity index (χ0n) is 14.3. The second-order valence-electron chi connectivity index (χ2n) is 7.02. The van der Waals surface area contributed by atoms with Crippen LogP contribution in [0, 0.1) is 11.8 Å². The maximum Gasteiger partial charge on any atom is 0.272 e. The number of β-amino-alcohol motifs (C(OH)–C–C–N with tert-alkyl or cyclic N) is 1. The molecule has 2 heterocycles. The Morgan fingerprint density at radius 1 is 1.25 bits per heavy atom. The molecule has 0 aliphatic carbocycles. The molecule has 0 radical (unpaired) electrons. The molecule has 0 bridgehead atoms. The summed E-state index contributed by atoms with van der Waals surface area (Å²) in [5.41, 5.74) is 1.80. The molecule has 24 heavy (non-hydrogen) atoms. The molecule has 1 amide bonds. The van der Waals surface area contributed by atoms with Gasteiger partial charge in [-0.1, -0.05) is 44.2 Å². The zero-order chi connectivity index (χ0) is 17.1. The highest BCUT2D eigenvalue weighted by atomic mass is 16.3. The van der Waals surface area contributed by atoms with Gasteiger partial charge in [0.1, 0.15) is 5.69 Å². The fraction of sp³-hybridized carbons (Fsp3) is 0.474. The van der Waals surface area contributed by atoms with Gasteiger partial charge in [-0.3, -0.25) is 9.48 Å². The Hall–Kier alpha value is -2.14. The highest BCUT2D eigenvalue weighted by Gasteiger charge is 2.35. The van der Waals surface area contributed by atoms with Crippen LogP contribution in [0.2, 0.25) is 0 Å². The van der Waals surface area contributed by atoms with Gasteiger partial charge in [0.15, 0.2) is 0 Å². The number of carbonyl (C=O) groups excluding carboxylic acids is 1. The molecule has 2 atom stereocenters. The topological polar surface area (TPSA) is 58.4 Å². The summed E-state index contributed by atoms with van der Waals surface area (Å²) < 4.78 is 1.77. The van der Waals surface area contributed by atoms with Crippen molar-refractivity contribution in [2.75, 3.05) is 13.1 Å². The third kappa shape index (κ3) is 3.67. The van der Waals surface area contributed by atoms with E-state index in [0.29, 0.717) is 24.7 Å². The van der Waals surface area contributed by atoms with Crippen molar-refractivity contribution >= 4 is 5.91 Å². The lowest BCUT2D eigenvalue weighted by molar-refractivity contribution is 0.0751. The molecule has 2 aromatic rings. The van der Waals surface area contributed by atoms with Gasteiger partial charge in [0.25, 0.3) is 5.91 Å². The maximum absolute atomic E-state index is 12.8. The first-order chi connectivity index (χ1) is 11.5. The second-order valence-corrected chi connectivity index (χ2v) is 7.02. The van der Waals surface area contributed by atoms with Crippen molar-refractivity contribution in [2.45, 2.75) is 32.9 Å². The molecule has 1 aromatic heterocycles. The normalized spacial score (nSPS) is 20.8. The standard InChI is InChI=1S/C19H25N3O2/c1-14(2)11-22-17(8-9-20-22)19(24)21-12-16(18(23)13-21)10-15-6-4-3-5-7-15/h3-9,14,16,18,23H,10-13H2,1-2H3/t16-,18-/m1/s1. The van der Waals surface area contributed by atoms with E-state index in [2.05, 4.69) is 31.1 Å². The fourth-order valence-electron chi connectivity index (χ4n) is 3.31. The lowest BCUT2D eigenvalue weighted by atomic mass is 9.97. The molecular weight excluding hydrogens is 302 g/mol. The van der Waals surface area contributed by atoms with Crippen molar-refractivity contribution in [1.29, 1.82) is 0 Å². The number of aromatic nitrogens is 2. The minimum atomic E-state index is -0.476. The molecular formula is C19H25N3O2. The van der Waals surface area contributed by atoms with Gasteiger partial charge in [-0.05, 0) is 24.0 Å². The predicted octanol–water partition coefficient (Wildman–Crippen LogP) is 2.21. The Balaban J connectivity index is 1.68. The number of hydrogen-bond donors (Lipinski definition) is 1. The Morgan fingerprint density at radius 2 is 2.00 bits per heavy atom. The molecule has 1 aliphatic rings. The SMILES string of the molecule is CC(C)Cn1nccc1C(=O)N1C[C@@H](Cc2ccccc2)[C@H](O)C1. The third-order valence-corrected chi connectivity index (χ3v) is 4.51. The van der Waals surface area contributed by atoms with Crippen molar-refractivity contribution in [3.05, 3.63) is 53.9 Å². The van der Waals surface area contributed by atoms with Crippen LogP contribution in [0.5, 0.6) is 0 Å². The van der Waals surface area contributed by atoms with Crippen LogP contribution in [0.4, 0.5) is 0 Å². The van der Waals surface area contributed by atoms with Gasteiger partial charge in [-0.2, -0.15) is 5.10 Å². The van der Waals surface area contributed by atoms with E-state index in [4.69, 9.17) is 0 Å². The van der Waals surface area contributed by atoms with E-state index in [1.54, 1.807) is 21.8 Å². The molecule has 5 heteroatoms. The van der Waals surface area contributed by atoms with E-state index in [9.17, 15) is 9.90 Å². The summed E-state index contributed by atoms with van der Waals surface area (Å²) >= 11 is 0. The highest BCUT2D eigenvalue weighted by molar-refractivity contribution is 5.92. The summed E-state index contributed by atoms with van der Waals surface area (Å²) in [6, 6.07) is 11.9. The van der Waals surface area contributed by atoms with Gasteiger partial charge < -0.3 is 10.0 Å². The number of benzene rings is 1. The van der Waals surface area contributed by atoms with E-state index >= 15 is 0 Å². The Kier molecular flexibility index (Phi) is 5.00. The highest BCUT2D eigenvalue weighted by Crippen LogP contribution is 2.23. The van der Waals surface area contributed by atoms with Crippen molar-refractivity contribution in [3.63, 3.8) is 0 Å². The van der Waals surface area contributed by atoms with Crippen molar-refractivity contribution in [2.24, 2.45) is 11.8 Å². The fourth-order valence-corrected chi connectivity index (χ4v) is 3.31.